The fraction of sp³-hybridized carbons (Fsp3) is 0.600. The Hall–Kier alpha value is -0.250. The number of esters is 1. The summed E-state index contributed by atoms with van der Waals surface area (Å²) in [7, 11) is 0. The SMILES string of the molecule is CC(=O)CC(=O)OC(C=C(C)C)C(Cl)(Cl)Cl. The van der Waals surface area contributed by atoms with E-state index in [1.54, 1.807) is 13.8 Å². The molecule has 92 valence electrons. The minimum Gasteiger partial charge on any atom is -0.453 e. The molecule has 1 atom stereocenters. The summed E-state index contributed by atoms with van der Waals surface area (Å²) < 4.78 is 3.16. The number of allylic oxidation sites excluding steroid dienone is 1. The predicted molar refractivity (Wildman–Crippen MR) is 64.9 cm³/mol. The first-order valence-corrected chi connectivity index (χ1v) is 5.67. The van der Waals surface area contributed by atoms with E-state index in [9.17, 15) is 9.59 Å². The molecule has 0 heterocycles. The third kappa shape index (κ3) is 7.09. The number of rotatable bonds is 4. The van der Waals surface area contributed by atoms with E-state index in [1.165, 1.54) is 13.0 Å². The Labute approximate surface area is 110 Å². The fourth-order valence-corrected chi connectivity index (χ4v) is 1.21. The molecule has 0 N–H and O–H groups in total. The second kappa shape index (κ2) is 6.48. The number of hydrogen-bond acceptors (Lipinski definition) is 3. The third-order valence-electron chi connectivity index (χ3n) is 1.46. The van der Waals surface area contributed by atoms with Crippen molar-refractivity contribution >= 4 is 46.6 Å². The monoisotopic (exact) mass is 286 g/mol. The first-order chi connectivity index (χ1) is 7.12. The van der Waals surface area contributed by atoms with Gasteiger partial charge < -0.3 is 4.74 Å². The summed E-state index contributed by atoms with van der Waals surface area (Å²) in [5.74, 6) is -1.01. The third-order valence-corrected chi connectivity index (χ3v) is 2.10. The minimum absolute atomic E-state index is 0.301. The summed E-state index contributed by atoms with van der Waals surface area (Å²) in [4.78, 5) is 21.9. The Bertz CT molecular complexity index is 301. The molecule has 0 bridgehead atoms. The fourth-order valence-electron chi connectivity index (χ4n) is 0.885. The Morgan fingerprint density at radius 2 is 1.75 bits per heavy atom. The van der Waals surface area contributed by atoms with E-state index in [-0.39, 0.29) is 12.2 Å². The number of carbonyl (C=O) groups is 2. The van der Waals surface area contributed by atoms with E-state index in [2.05, 4.69) is 0 Å². The van der Waals surface area contributed by atoms with Gasteiger partial charge in [-0.2, -0.15) is 0 Å². The van der Waals surface area contributed by atoms with Crippen molar-refractivity contribution in [1.29, 1.82) is 0 Å². The van der Waals surface area contributed by atoms with Gasteiger partial charge >= 0.3 is 5.97 Å². The largest absolute Gasteiger partial charge is 0.453 e. The lowest BCUT2D eigenvalue weighted by Gasteiger charge is -2.21. The molecule has 0 aliphatic heterocycles. The number of hydrogen-bond donors (Lipinski definition) is 0. The topological polar surface area (TPSA) is 43.4 Å². The minimum atomic E-state index is -1.75. The normalized spacial score (nSPS) is 12.9. The van der Waals surface area contributed by atoms with Crippen LogP contribution in [0.25, 0.3) is 0 Å². The highest BCUT2D eigenvalue weighted by Gasteiger charge is 2.34. The second-order valence-electron chi connectivity index (χ2n) is 3.57. The van der Waals surface area contributed by atoms with Crippen LogP contribution in [0.4, 0.5) is 0 Å². The molecule has 0 saturated heterocycles. The molecule has 0 spiro atoms. The lowest BCUT2D eigenvalue weighted by Crippen LogP contribution is -2.30. The molecule has 3 nitrogen and oxygen atoms in total. The molecule has 0 aromatic rings. The number of ether oxygens (including phenoxy) is 1. The van der Waals surface area contributed by atoms with Crippen LogP contribution in [0.5, 0.6) is 0 Å². The zero-order chi connectivity index (χ0) is 12.9. The van der Waals surface area contributed by atoms with E-state index in [1.807, 2.05) is 0 Å². The summed E-state index contributed by atoms with van der Waals surface area (Å²) in [5.41, 5.74) is 0.840. The second-order valence-corrected chi connectivity index (χ2v) is 5.94. The van der Waals surface area contributed by atoms with Crippen LogP contribution in [0.2, 0.25) is 0 Å². The average Bonchev–Trinajstić information content (AvgIpc) is 1.98. The van der Waals surface area contributed by atoms with Gasteiger partial charge in [-0.15, -0.1) is 0 Å². The highest BCUT2D eigenvalue weighted by molar-refractivity contribution is 6.68. The van der Waals surface area contributed by atoms with Crippen LogP contribution in [0.15, 0.2) is 11.6 Å². The summed E-state index contributed by atoms with van der Waals surface area (Å²) >= 11 is 16.9. The Balaban J connectivity index is 4.63. The summed E-state index contributed by atoms with van der Waals surface area (Å²) in [6.45, 7) is 4.84. The standard InChI is InChI=1S/C10H13Cl3O3/c1-6(2)4-8(10(11,12)13)16-9(15)5-7(3)14/h4,8H,5H2,1-3H3. The van der Waals surface area contributed by atoms with Crippen LogP contribution in [-0.4, -0.2) is 21.6 Å². The molecule has 0 aliphatic carbocycles. The Morgan fingerprint density at radius 1 is 1.25 bits per heavy atom. The van der Waals surface area contributed by atoms with Crippen LogP contribution < -0.4 is 0 Å². The van der Waals surface area contributed by atoms with E-state index >= 15 is 0 Å². The van der Waals surface area contributed by atoms with Crippen molar-refractivity contribution in [3.05, 3.63) is 11.6 Å². The molecule has 0 aliphatic rings. The molecule has 0 saturated carbocycles. The summed E-state index contributed by atoms with van der Waals surface area (Å²) in [6, 6.07) is 0. The van der Waals surface area contributed by atoms with Gasteiger partial charge in [0, 0.05) is 0 Å². The van der Waals surface area contributed by atoms with Crippen molar-refractivity contribution in [2.24, 2.45) is 0 Å². The highest BCUT2D eigenvalue weighted by Crippen LogP contribution is 2.33. The number of halogens is 3. The number of Topliss-reactive ketones (excluding diaryl/α,β-unsaturated/α-hetero) is 1. The summed E-state index contributed by atoms with van der Waals surface area (Å²) in [5, 5.41) is 0. The quantitative estimate of drug-likeness (QED) is 0.345. The zero-order valence-corrected chi connectivity index (χ0v) is 11.5. The highest BCUT2D eigenvalue weighted by atomic mass is 35.6. The first kappa shape index (κ1) is 15.8. The van der Waals surface area contributed by atoms with Gasteiger partial charge in [-0.25, -0.2) is 0 Å². The van der Waals surface area contributed by atoms with Crippen LogP contribution in [0.1, 0.15) is 27.2 Å². The lowest BCUT2D eigenvalue weighted by molar-refractivity contribution is -0.148. The number of carbonyl (C=O) groups excluding carboxylic acids is 2. The van der Waals surface area contributed by atoms with Gasteiger partial charge in [-0.3, -0.25) is 9.59 Å². The predicted octanol–water partition coefficient (Wildman–Crippen LogP) is 3.21. The number of ketones is 1. The first-order valence-electron chi connectivity index (χ1n) is 4.53. The van der Waals surface area contributed by atoms with Crippen molar-refractivity contribution < 1.29 is 14.3 Å². The molecule has 0 aromatic carbocycles. The van der Waals surface area contributed by atoms with E-state index in [0.717, 1.165) is 5.57 Å². The van der Waals surface area contributed by atoms with Crippen molar-refractivity contribution in [3.8, 4) is 0 Å². The molecular weight excluding hydrogens is 274 g/mol. The zero-order valence-electron chi connectivity index (χ0n) is 9.22. The molecule has 16 heavy (non-hydrogen) atoms. The molecule has 0 radical (unpaired) electrons. The smallest absolute Gasteiger partial charge is 0.314 e. The molecule has 0 aromatic heterocycles. The van der Waals surface area contributed by atoms with Gasteiger partial charge in [0.05, 0.1) is 0 Å². The molecule has 1 unspecified atom stereocenters. The van der Waals surface area contributed by atoms with E-state index in [0.29, 0.717) is 0 Å². The van der Waals surface area contributed by atoms with Crippen molar-refractivity contribution in [2.45, 2.75) is 37.1 Å². The van der Waals surface area contributed by atoms with Crippen LogP contribution in [0, 0.1) is 0 Å². The maximum absolute atomic E-state index is 11.2. The van der Waals surface area contributed by atoms with Gasteiger partial charge in [0.2, 0.25) is 3.79 Å². The molecule has 0 rings (SSSR count). The Morgan fingerprint density at radius 3 is 2.06 bits per heavy atom. The van der Waals surface area contributed by atoms with Gasteiger partial charge in [0.15, 0.2) is 6.10 Å². The lowest BCUT2D eigenvalue weighted by atomic mass is 10.2. The molecular formula is C10H13Cl3O3. The van der Waals surface area contributed by atoms with E-state index in [4.69, 9.17) is 39.5 Å². The van der Waals surface area contributed by atoms with Gasteiger partial charge in [0.1, 0.15) is 12.2 Å². The van der Waals surface area contributed by atoms with Crippen LogP contribution >= 0.6 is 34.8 Å². The van der Waals surface area contributed by atoms with Crippen LogP contribution in [0.3, 0.4) is 0 Å². The molecule has 0 amide bonds. The molecule has 0 fully saturated rings. The van der Waals surface area contributed by atoms with Gasteiger partial charge in [-0.1, -0.05) is 40.4 Å². The van der Waals surface area contributed by atoms with Gasteiger partial charge in [-0.05, 0) is 26.8 Å². The maximum Gasteiger partial charge on any atom is 0.314 e. The number of alkyl halides is 3. The van der Waals surface area contributed by atoms with Crippen LogP contribution in [-0.2, 0) is 14.3 Å². The van der Waals surface area contributed by atoms with Crippen molar-refractivity contribution in [3.63, 3.8) is 0 Å². The van der Waals surface area contributed by atoms with Crippen molar-refractivity contribution in [2.75, 3.05) is 0 Å². The van der Waals surface area contributed by atoms with Crippen molar-refractivity contribution in [1.82, 2.24) is 0 Å². The maximum atomic E-state index is 11.2. The van der Waals surface area contributed by atoms with E-state index < -0.39 is 15.9 Å². The molecule has 6 heteroatoms. The average molecular weight is 288 g/mol. The summed E-state index contributed by atoms with van der Waals surface area (Å²) in [6.07, 6.45) is 0.202. The Kier molecular flexibility index (Phi) is 6.38. The van der Waals surface area contributed by atoms with Gasteiger partial charge in [0.25, 0.3) is 0 Å².